The van der Waals surface area contributed by atoms with Crippen molar-refractivity contribution in [3.63, 3.8) is 0 Å². The zero-order chi connectivity index (χ0) is 17.1. The number of benzene rings is 2. The summed E-state index contributed by atoms with van der Waals surface area (Å²) >= 11 is 0. The molecular formula is C18H19N5O. The van der Waals surface area contributed by atoms with Crippen LogP contribution in [0.2, 0.25) is 0 Å². The number of fused-ring (bicyclic) bond motifs is 2. The van der Waals surface area contributed by atoms with E-state index in [0.717, 1.165) is 11.1 Å². The SMILES string of the molecule is N=C1C(=NN)c2ccccc2N(C(=O)CCN)Cc2ccccc21. The van der Waals surface area contributed by atoms with Crippen LogP contribution in [0.5, 0.6) is 0 Å². The molecule has 5 N–H and O–H groups in total. The van der Waals surface area contributed by atoms with E-state index in [0.29, 0.717) is 23.5 Å². The number of carbonyl (C=O) groups is 1. The van der Waals surface area contributed by atoms with Crippen LogP contribution in [0.25, 0.3) is 0 Å². The molecule has 1 aliphatic heterocycles. The number of rotatable bonds is 2. The predicted octanol–water partition coefficient (Wildman–Crippen LogP) is 1.61. The lowest BCUT2D eigenvalue weighted by molar-refractivity contribution is -0.118. The van der Waals surface area contributed by atoms with Crippen molar-refractivity contribution >= 4 is 23.0 Å². The van der Waals surface area contributed by atoms with Crippen molar-refractivity contribution < 1.29 is 4.79 Å². The molecule has 6 heteroatoms. The Bertz CT molecular complexity index is 828. The Morgan fingerprint density at radius 2 is 1.79 bits per heavy atom. The lowest BCUT2D eigenvalue weighted by Crippen LogP contribution is -2.36. The average molecular weight is 321 g/mol. The molecule has 2 aromatic carbocycles. The highest BCUT2D eigenvalue weighted by atomic mass is 16.2. The van der Waals surface area contributed by atoms with Crippen LogP contribution in [0.15, 0.2) is 53.6 Å². The summed E-state index contributed by atoms with van der Waals surface area (Å²) in [6.07, 6.45) is 0.253. The Kier molecular flexibility index (Phi) is 4.39. The van der Waals surface area contributed by atoms with Crippen LogP contribution in [0.4, 0.5) is 5.69 Å². The van der Waals surface area contributed by atoms with Crippen LogP contribution < -0.4 is 16.5 Å². The Morgan fingerprint density at radius 1 is 1.12 bits per heavy atom. The van der Waals surface area contributed by atoms with Gasteiger partial charge in [-0.25, -0.2) is 0 Å². The van der Waals surface area contributed by atoms with E-state index in [9.17, 15) is 4.79 Å². The van der Waals surface area contributed by atoms with Crippen LogP contribution >= 0.6 is 0 Å². The maximum absolute atomic E-state index is 12.6. The molecule has 0 radical (unpaired) electrons. The average Bonchev–Trinajstić information content (AvgIpc) is 2.60. The molecule has 6 nitrogen and oxygen atoms in total. The molecule has 0 spiro atoms. The second kappa shape index (κ2) is 6.64. The first-order chi connectivity index (χ1) is 11.7. The number of para-hydroxylation sites is 1. The molecule has 0 bridgehead atoms. The fourth-order valence-electron chi connectivity index (χ4n) is 2.94. The minimum absolute atomic E-state index is 0.0652. The topological polar surface area (TPSA) is 109 Å². The summed E-state index contributed by atoms with van der Waals surface area (Å²) in [5.41, 5.74) is 9.16. The predicted molar refractivity (Wildman–Crippen MR) is 95.3 cm³/mol. The van der Waals surface area contributed by atoms with E-state index in [1.165, 1.54) is 0 Å². The van der Waals surface area contributed by atoms with Gasteiger partial charge >= 0.3 is 0 Å². The largest absolute Gasteiger partial charge is 0.330 e. The van der Waals surface area contributed by atoms with Gasteiger partial charge in [0.15, 0.2) is 0 Å². The molecule has 1 aliphatic rings. The molecule has 24 heavy (non-hydrogen) atoms. The number of anilines is 1. The zero-order valence-electron chi connectivity index (χ0n) is 13.2. The Hall–Kier alpha value is -2.99. The molecule has 1 amide bonds. The highest BCUT2D eigenvalue weighted by Gasteiger charge is 2.27. The summed E-state index contributed by atoms with van der Waals surface area (Å²) in [6.45, 7) is 0.666. The maximum atomic E-state index is 12.6. The molecule has 0 unspecified atom stereocenters. The van der Waals surface area contributed by atoms with Crippen molar-refractivity contribution in [3.8, 4) is 0 Å². The Labute approximate surface area is 140 Å². The van der Waals surface area contributed by atoms with Gasteiger partial charge in [-0.2, -0.15) is 5.10 Å². The first-order valence-corrected chi connectivity index (χ1v) is 7.72. The molecule has 3 rings (SSSR count). The van der Waals surface area contributed by atoms with Crippen molar-refractivity contribution in [1.29, 1.82) is 5.41 Å². The summed E-state index contributed by atoms with van der Waals surface area (Å²) in [7, 11) is 0. The van der Waals surface area contributed by atoms with Gasteiger partial charge in [-0.05, 0) is 11.6 Å². The molecule has 0 aromatic heterocycles. The lowest BCUT2D eigenvalue weighted by Gasteiger charge is -2.29. The third-order valence-electron chi connectivity index (χ3n) is 4.09. The summed E-state index contributed by atoms with van der Waals surface area (Å²) in [5, 5.41) is 12.4. The van der Waals surface area contributed by atoms with Gasteiger partial charge in [-0.3, -0.25) is 10.2 Å². The van der Waals surface area contributed by atoms with E-state index in [-0.39, 0.29) is 24.6 Å². The van der Waals surface area contributed by atoms with Crippen LogP contribution in [0.3, 0.4) is 0 Å². The number of hydrazone groups is 1. The van der Waals surface area contributed by atoms with Gasteiger partial charge in [0, 0.05) is 24.1 Å². The van der Waals surface area contributed by atoms with Gasteiger partial charge in [0.1, 0.15) is 5.71 Å². The summed E-state index contributed by atoms with van der Waals surface area (Å²) in [4.78, 5) is 14.3. The molecule has 0 saturated heterocycles. The second-order valence-electron chi connectivity index (χ2n) is 5.55. The zero-order valence-corrected chi connectivity index (χ0v) is 13.2. The molecule has 0 atom stereocenters. The van der Waals surface area contributed by atoms with E-state index < -0.39 is 0 Å². The quantitative estimate of drug-likeness (QED) is 0.577. The van der Waals surface area contributed by atoms with Crippen LogP contribution in [-0.4, -0.2) is 23.9 Å². The fourth-order valence-corrected chi connectivity index (χ4v) is 2.94. The van der Waals surface area contributed by atoms with Crippen LogP contribution in [0, 0.1) is 5.41 Å². The lowest BCUT2D eigenvalue weighted by atomic mass is 9.92. The summed E-state index contributed by atoms with van der Waals surface area (Å²) < 4.78 is 0. The van der Waals surface area contributed by atoms with Gasteiger partial charge < -0.3 is 16.5 Å². The van der Waals surface area contributed by atoms with Crippen molar-refractivity contribution in [2.75, 3.05) is 11.4 Å². The summed E-state index contributed by atoms with van der Waals surface area (Å²) in [6, 6.07) is 14.9. The fraction of sp³-hybridized carbons (Fsp3) is 0.167. The molecule has 0 saturated carbocycles. The number of carbonyl (C=O) groups excluding carboxylic acids is 1. The number of hydrogen-bond donors (Lipinski definition) is 3. The van der Waals surface area contributed by atoms with Crippen LogP contribution in [0.1, 0.15) is 23.1 Å². The Morgan fingerprint density at radius 3 is 2.50 bits per heavy atom. The Balaban J connectivity index is 2.23. The molecule has 2 aromatic rings. The van der Waals surface area contributed by atoms with Gasteiger partial charge in [0.2, 0.25) is 5.91 Å². The normalized spacial score (nSPS) is 15.5. The van der Waals surface area contributed by atoms with Crippen molar-refractivity contribution in [1.82, 2.24) is 0 Å². The highest BCUT2D eigenvalue weighted by Crippen LogP contribution is 2.29. The number of amides is 1. The van der Waals surface area contributed by atoms with Crippen molar-refractivity contribution in [2.24, 2.45) is 16.7 Å². The van der Waals surface area contributed by atoms with Gasteiger partial charge in [-0.15, -0.1) is 0 Å². The van der Waals surface area contributed by atoms with Gasteiger partial charge in [0.05, 0.1) is 17.9 Å². The number of nitrogens with one attached hydrogen (secondary N) is 1. The summed E-state index contributed by atoms with van der Waals surface area (Å²) in [5.74, 6) is 5.52. The van der Waals surface area contributed by atoms with E-state index in [4.69, 9.17) is 17.0 Å². The molecular weight excluding hydrogens is 302 g/mol. The highest BCUT2D eigenvalue weighted by molar-refractivity contribution is 6.53. The molecule has 0 aliphatic carbocycles. The third-order valence-corrected chi connectivity index (χ3v) is 4.09. The van der Waals surface area contributed by atoms with Crippen molar-refractivity contribution in [3.05, 3.63) is 65.2 Å². The van der Waals surface area contributed by atoms with E-state index >= 15 is 0 Å². The van der Waals surface area contributed by atoms with E-state index in [1.807, 2.05) is 48.5 Å². The minimum Gasteiger partial charge on any atom is -0.330 e. The third kappa shape index (κ3) is 2.68. The van der Waals surface area contributed by atoms with Gasteiger partial charge in [0.25, 0.3) is 0 Å². The second-order valence-corrected chi connectivity index (χ2v) is 5.55. The van der Waals surface area contributed by atoms with Gasteiger partial charge in [-0.1, -0.05) is 42.5 Å². The molecule has 122 valence electrons. The number of hydrogen-bond acceptors (Lipinski definition) is 5. The van der Waals surface area contributed by atoms with E-state index in [2.05, 4.69) is 5.10 Å². The monoisotopic (exact) mass is 321 g/mol. The number of nitrogens with two attached hydrogens (primary N) is 2. The first-order valence-electron chi connectivity index (χ1n) is 7.72. The van der Waals surface area contributed by atoms with Crippen molar-refractivity contribution in [2.45, 2.75) is 13.0 Å². The van der Waals surface area contributed by atoms with Crippen LogP contribution in [-0.2, 0) is 11.3 Å². The number of nitrogens with zero attached hydrogens (tertiary/aromatic N) is 2. The smallest absolute Gasteiger partial charge is 0.228 e. The van der Waals surface area contributed by atoms with E-state index in [1.54, 1.807) is 4.90 Å². The maximum Gasteiger partial charge on any atom is 0.228 e. The standard InChI is InChI=1S/C18H19N5O/c19-10-9-16(24)23-11-12-5-1-2-6-13(12)17(20)18(22-21)14-7-3-4-8-15(14)23/h1-8,20H,9-11,19,21H2. The minimum atomic E-state index is -0.0652. The molecule has 1 heterocycles. The first kappa shape index (κ1) is 15.9. The molecule has 0 fully saturated rings.